The number of amides is 1. The Morgan fingerprint density at radius 3 is 2.81 bits per heavy atom. The van der Waals surface area contributed by atoms with Crippen molar-refractivity contribution in [3.05, 3.63) is 33.3 Å². The van der Waals surface area contributed by atoms with E-state index in [2.05, 4.69) is 28.2 Å². The Hall–Kier alpha value is -0.580. The topological polar surface area (TPSA) is 32.3 Å². The second kappa shape index (κ2) is 8.16. The molecule has 1 aliphatic rings. The average molecular weight is 374 g/mol. The normalized spacial score (nSPS) is 16.0. The quantitative estimate of drug-likeness (QED) is 0.847. The lowest BCUT2D eigenvalue weighted by atomic mass is 9.97. The molecule has 3 nitrogen and oxygen atoms in total. The van der Waals surface area contributed by atoms with Gasteiger partial charge in [0, 0.05) is 17.6 Å². The van der Waals surface area contributed by atoms with Crippen LogP contribution in [0.25, 0.3) is 0 Å². The minimum absolute atomic E-state index is 0.0432. The Labute approximate surface area is 140 Å². The number of benzene rings is 1. The van der Waals surface area contributed by atoms with E-state index in [1.165, 1.54) is 0 Å². The van der Waals surface area contributed by atoms with Crippen LogP contribution in [0.1, 0.15) is 36.5 Å². The summed E-state index contributed by atoms with van der Waals surface area (Å²) in [6.07, 6.45) is 3.24. The minimum Gasteiger partial charge on any atom is -0.338 e. The molecular formula is C16H22BrClN2O. The van der Waals surface area contributed by atoms with Crippen LogP contribution in [0.15, 0.2) is 22.7 Å². The first-order valence-corrected chi connectivity index (χ1v) is 8.74. The van der Waals surface area contributed by atoms with Crippen molar-refractivity contribution in [1.82, 2.24) is 10.2 Å². The maximum atomic E-state index is 12.8. The summed E-state index contributed by atoms with van der Waals surface area (Å²) in [6.45, 7) is 5.82. The number of nitrogens with zero attached hydrogens (tertiary/aromatic N) is 1. The average Bonchev–Trinajstić information content (AvgIpc) is 2.50. The van der Waals surface area contributed by atoms with Crippen molar-refractivity contribution in [1.29, 1.82) is 0 Å². The lowest BCUT2D eigenvalue weighted by molar-refractivity contribution is 0.0716. The molecular weight excluding hydrogens is 352 g/mol. The zero-order valence-corrected chi connectivity index (χ0v) is 14.7. The second-order valence-electron chi connectivity index (χ2n) is 5.55. The first-order valence-electron chi connectivity index (χ1n) is 7.57. The van der Waals surface area contributed by atoms with Gasteiger partial charge in [0.25, 0.3) is 5.91 Å². The van der Waals surface area contributed by atoms with E-state index in [9.17, 15) is 4.79 Å². The number of piperidine rings is 1. The first-order chi connectivity index (χ1) is 10.1. The van der Waals surface area contributed by atoms with E-state index in [0.717, 1.165) is 49.9 Å². The van der Waals surface area contributed by atoms with Crippen LogP contribution in [0.5, 0.6) is 0 Å². The monoisotopic (exact) mass is 372 g/mol. The first kappa shape index (κ1) is 16.8. The van der Waals surface area contributed by atoms with E-state index >= 15 is 0 Å². The molecule has 5 heteroatoms. The Balaban J connectivity index is 2.12. The van der Waals surface area contributed by atoms with Crippen molar-refractivity contribution < 1.29 is 4.79 Å². The number of halogens is 2. The molecule has 0 saturated carbocycles. The van der Waals surface area contributed by atoms with E-state index in [4.69, 9.17) is 11.6 Å². The molecule has 1 saturated heterocycles. The molecule has 116 valence electrons. The van der Waals surface area contributed by atoms with Gasteiger partial charge in [0.05, 0.1) is 10.6 Å². The van der Waals surface area contributed by atoms with Crippen LogP contribution in [-0.4, -0.2) is 37.0 Å². The molecule has 21 heavy (non-hydrogen) atoms. The molecule has 1 aromatic carbocycles. The third-order valence-electron chi connectivity index (χ3n) is 3.90. The van der Waals surface area contributed by atoms with Gasteiger partial charge in [0.2, 0.25) is 0 Å². The zero-order chi connectivity index (χ0) is 15.2. The number of hydrogen-bond donors (Lipinski definition) is 1. The second-order valence-corrected chi connectivity index (χ2v) is 6.78. The minimum atomic E-state index is 0.0432. The molecule has 1 fully saturated rings. The van der Waals surface area contributed by atoms with Crippen LogP contribution in [0, 0.1) is 5.92 Å². The van der Waals surface area contributed by atoms with Crippen LogP contribution < -0.4 is 5.32 Å². The fourth-order valence-electron chi connectivity index (χ4n) is 2.76. The van der Waals surface area contributed by atoms with Gasteiger partial charge >= 0.3 is 0 Å². The Morgan fingerprint density at radius 1 is 1.43 bits per heavy atom. The molecule has 0 spiro atoms. The molecule has 0 aliphatic carbocycles. The van der Waals surface area contributed by atoms with Crippen molar-refractivity contribution in [2.24, 2.45) is 5.92 Å². The third kappa shape index (κ3) is 4.44. The number of carbonyl (C=O) groups is 1. The van der Waals surface area contributed by atoms with E-state index in [0.29, 0.717) is 16.5 Å². The van der Waals surface area contributed by atoms with Crippen LogP contribution in [0.4, 0.5) is 0 Å². The predicted octanol–water partition coefficient (Wildman–Crippen LogP) is 3.95. The fourth-order valence-corrected chi connectivity index (χ4v) is 3.33. The summed E-state index contributed by atoms with van der Waals surface area (Å²) in [7, 11) is 0. The van der Waals surface area contributed by atoms with Crippen molar-refractivity contribution in [2.45, 2.75) is 26.2 Å². The Bertz CT molecular complexity index is 489. The highest BCUT2D eigenvalue weighted by Crippen LogP contribution is 2.27. The van der Waals surface area contributed by atoms with E-state index in [1.807, 2.05) is 17.0 Å². The molecule has 1 aliphatic heterocycles. The van der Waals surface area contributed by atoms with Gasteiger partial charge in [-0.25, -0.2) is 0 Å². The largest absolute Gasteiger partial charge is 0.338 e. The molecule has 0 unspecified atom stereocenters. The summed E-state index contributed by atoms with van der Waals surface area (Å²) in [6, 6.07) is 5.52. The van der Waals surface area contributed by atoms with Gasteiger partial charge in [-0.1, -0.05) is 24.6 Å². The smallest absolute Gasteiger partial charge is 0.255 e. The van der Waals surface area contributed by atoms with Crippen LogP contribution >= 0.6 is 27.5 Å². The van der Waals surface area contributed by atoms with Gasteiger partial charge in [-0.2, -0.15) is 0 Å². The summed E-state index contributed by atoms with van der Waals surface area (Å²) in [5.74, 6) is 0.634. The molecule has 1 heterocycles. The van der Waals surface area contributed by atoms with Gasteiger partial charge in [-0.3, -0.25) is 4.79 Å². The Kier molecular flexibility index (Phi) is 6.52. The van der Waals surface area contributed by atoms with Gasteiger partial charge in [-0.05, 0) is 66.3 Å². The van der Waals surface area contributed by atoms with Crippen molar-refractivity contribution in [2.75, 3.05) is 26.2 Å². The van der Waals surface area contributed by atoms with Crippen LogP contribution in [0.2, 0.25) is 5.02 Å². The lowest BCUT2D eigenvalue weighted by Crippen LogP contribution is -2.39. The number of hydrogen-bond acceptors (Lipinski definition) is 2. The van der Waals surface area contributed by atoms with Crippen molar-refractivity contribution >= 4 is 33.4 Å². The van der Waals surface area contributed by atoms with E-state index in [-0.39, 0.29) is 5.91 Å². The predicted molar refractivity (Wildman–Crippen MR) is 90.9 cm³/mol. The molecule has 1 aromatic rings. The van der Waals surface area contributed by atoms with Crippen molar-refractivity contribution in [3.63, 3.8) is 0 Å². The standard InChI is InChI=1S/C16H22BrClN2O/c1-2-10-20(11-12-6-8-19-9-7-12)16(21)13-4-3-5-14(17)15(13)18/h3-5,12,19H,2,6-11H2,1H3. The van der Waals surface area contributed by atoms with Crippen molar-refractivity contribution in [3.8, 4) is 0 Å². The Morgan fingerprint density at radius 2 is 2.14 bits per heavy atom. The van der Waals surface area contributed by atoms with Crippen LogP contribution in [-0.2, 0) is 0 Å². The zero-order valence-electron chi connectivity index (χ0n) is 12.4. The SMILES string of the molecule is CCCN(CC1CCNCC1)C(=O)c1cccc(Br)c1Cl. The maximum absolute atomic E-state index is 12.8. The highest BCUT2D eigenvalue weighted by atomic mass is 79.9. The number of carbonyl (C=O) groups excluding carboxylic acids is 1. The van der Waals surface area contributed by atoms with E-state index in [1.54, 1.807) is 6.07 Å². The molecule has 0 aromatic heterocycles. The van der Waals surface area contributed by atoms with Gasteiger partial charge < -0.3 is 10.2 Å². The maximum Gasteiger partial charge on any atom is 0.255 e. The molecule has 0 radical (unpaired) electrons. The van der Waals surface area contributed by atoms with Gasteiger partial charge in [0.15, 0.2) is 0 Å². The molecule has 0 atom stereocenters. The summed E-state index contributed by atoms with van der Waals surface area (Å²) in [5, 5.41) is 3.87. The van der Waals surface area contributed by atoms with Gasteiger partial charge in [-0.15, -0.1) is 0 Å². The van der Waals surface area contributed by atoms with Gasteiger partial charge in [0.1, 0.15) is 0 Å². The molecule has 1 N–H and O–H groups in total. The molecule has 0 bridgehead atoms. The summed E-state index contributed by atoms with van der Waals surface area (Å²) in [5.41, 5.74) is 0.591. The number of nitrogens with one attached hydrogen (secondary N) is 1. The lowest BCUT2D eigenvalue weighted by Gasteiger charge is -2.30. The van der Waals surface area contributed by atoms with E-state index < -0.39 is 0 Å². The summed E-state index contributed by atoms with van der Waals surface area (Å²) >= 11 is 9.66. The summed E-state index contributed by atoms with van der Waals surface area (Å²) < 4.78 is 0.772. The third-order valence-corrected chi connectivity index (χ3v) is 5.20. The fraction of sp³-hybridized carbons (Fsp3) is 0.562. The highest BCUT2D eigenvalue weighted by Gasteiger charge is 2.23. The number of rotatable bonds is 5. The molecule has 2 rings (SSSR count). The van der Waals surface area contributed by atoms with Crippen LogP contribution in [0.3, 0.4) is 0 Å². The molecule has 1 amide bonds. The summed E-state index contributed by atoms with van der Waals surface area (Å²) in [4.78, 5) is 14.7. The highest BCUT2D eigenvalue weighted by molar-refractivity contribution is 9.10.